The van der Waals surface area contributed by atoms with Crippen molar-refractivity contribution < 1.29 is 22.8 Å². The van der Waals surface area contributed by atoms with Crippen LogP contribution in [-0.2, 0) is 15.8 Å². The normalized spacial score (nSPS) is 17.0. The number of para-hydroxylation sites is 1. The van der Waals surface area contributed by atoms with Crippen LogP contribution in [0.2, 0.25) is 0 Å². The van der Waals surface area contributed by atoms with Gasteiger partial charge in [0, 0.05) is 0 Å². The summed E-state index contributed by atoms with van der Waals surface area (Å²) in [7, 11) is 0. The molecule has 0 saturated heterocycles. The van der Waals surface area contributed by atoms with Crippen LogP contribution in [0.5, 0.6) is 0 Å². The van der Waals surface area contributed by atoms with Gasteiger partial charge in [-0.15, -0.1) is 5.10 Å². The van der Waals surface area contributed by atoms with Crippen molar-refractivity contribution in [3.8, 4) is 0 Å². The van der Waals surface area contributed by atoms with Crippen molar-refractivity contribution in [3.05, 3.63) is 29.8 Å². The molecule has 0 radical (unpaired) electrons. The van der Waals surface area contributed by atoms with Crippen LogP contribution >= 0.6 is 11.8 Å². The summed E-state index contributed by atoms with van der Waals surface area (Å²) >= 11 is 1.21. The van der Waals surface area contributed by atoms with Crippen molar-refractivity contribution in [2.45, 2.75) is 23.8 Å². The van der Waals surface area contributed by atoms with E-state index in [1.165, 1.54) is 28.6 Å². The van der Waals surface area contributed by atoms with Crippen molar-refractivity contribution >= 4 is 35.2 Å². The van der Waals surface area contributed by atoms with E-state index < -0.39 is 29.6 Å². The lowest BCUT2D eigenvalue weighted by molar-refractivity contribution is -0.137. The Morgan fingerprint density at radius 1 is 1.40 bits per heavy atom. The van der Waals surface area contributed by atoms with E-state index in [9.17, 15) is 22.8 Å². The van der Waals surface area contributed by atoms with E-state index in [4.69, 9.17) is 0 Å². The molecule has 1 aromatic heterocycles. The minimum absolute atomic E-state index is 0.0878. The molecule has 1 aliphatic heterocycles. The van der Waals surface area contributed by atoms with Gasteiger partial charge >= 0.3 is 6.18 Å². The summed E-state index contributed by atoms with van der Waals surface area (Å²) in [6.07, 6.45) is -3.14. The minimum Gasteiger partial charge on any atom is -0.324 e. The Balaban J connectivity index is 1.90. The number of nitrogens with zero attached hydrogens (tertiary/aromatic N) is 3. The lowest BCUT2D eigenvalue weighted by Crippen LogP contribution is -2.36. The van der Waals surface area contributed by atoms with Gasteiger partial charge in [0.2, 0.25) is 22.9 Å². The molecule has 0 bridgehead atoms. The van der Waals surface area contributed by atoms with Gasteiger partial charge in [-0.25, -0.2) is 4.68 Å². The van der Waals surface area contributed by atoms with E-state index >= 15 is 0 Å². The lowest BCUT2D eigenvalue weighted by Gasteiger charge is -2.23. The average Bonchev–Trinajstić information content (AvgIpc) is 2.96. The van der Waals surface area contributed by atoms with Gasteiger partial charge in [0.25, 0.3) is 0 Å². The fourth-order valence-electron chi connectivity index (χ4n) is 2.39. The first kappa shape index (κ1) is 17.3. The molecule has 1 atom stereocenters. The van der Waals surface area contributed by atoms with Gasteiger partial charge in [-0.1, -0.05) is 23.9 Å². The highest BCUT2D eigenvalue weighted by molar-refractivity contribution is 7.98. The molecule has 7 nitrogen and oxygen atoms in total. The summed E-state index contributed by atoms with van der Waals surface area (Å²) in [5, 5.41) is 9.15. The number of hydrogen-bond acceptors (Lipinski definition) is 5. The number of carbonyl (C=O) groups excluding carboxylic acids is 2. The zero-order chi connectivity index (χ0) is 18.2. The fraction of sp³-hybridized carbons (Fsp3) is 0.286. The highest BCUT2D eigenvalue weighted by atomic mass is 32.2. The van der Waals surface area contributed by atoms with Gasteiger partial charge in [-0.3, -0.25) is 14.9 Å². The second-order valence-electron chi connectivity index (χ2n) is 5.17. The van der Waals surface area contributed by atoms with Crippen molar-refractivity contribution in [2.24, 2.45) is 0 Å². The summed E-state index contributed by atoms with van der Waals surface area (Å²) in [6.45, 7) is 0. The standard InChI is InChI=1S/C14H12F3N5O2S/c1-25-13-20-12-19-10(23)6-9(22(12)21-13)11(24)18-8-5-3-2-4-7(8)14(15,16)17/h2-5,9H,6H2,1H3,(H,18,24)(H,19,20,21,23)/t9-/m0/s1. The molecule has 1 aliphatic rings. The number of rotatable bonds is 3. The number of halogens is 3. The molecule has 0 fully saturated rings. The molecule has 0 saturated carbocycles. The molecule has 11 heteroatoms. The van der Waals surface area contributed by atoms with E-state index in [1.54, 1.807) is 6.26 Å². The summed E-state index contributed by atoms with van der Waals surface area (Å²) in [5.74, 6) is -1.15. The number of amides is 2. The Hall–Kier alpha value is -2.56. The zero-order valence-corrected chi connectivity index (χ0v) is 13.6. The van der Waals surface area contributed by atoms with E-state index in [-0.39, 0.29) is 18.1 Å². The predicted molar refractivity (Wildman–Crippen MR) is 84.2 cm³/mol. The fourth-order valence-corrected chi connectivity index (χ4v) is 2.74. The summed E-state index contributed by atoms with van der Waals surface area (Å²) < 4.78 is 40.3. The number of anilines is 2. The number of alkyl halides is 3. The molecule has 0 spiro atoms. The molecular weight excluding hydrogens is 359 g/mol. The summed E-state index contributed by atoms with van der Waals surface area (Å²) in [4.78, 5) is 28.3. The van der Waals surface area contributed by atoms with Crippen molar-refractivity contribution in [1.29, 1.82) is 0 Å². The highest BCUT2D eigenvalue weighted by Gasteiger charge is 2.36. The van der Waals surface area contributed by atoms with Gasteiger partial charge in [0.1, 0.15) is 6.04 Å². The zero-order valence-electron chi connectivity index (χ0n) is 12.8. The molecule has 132 valence electrons. The Morgan fingerprint density at radius 2 is 2.12 bits per heavy atom. The molecular formula is C14H12F3N5O2S. The quantitative estimate of drug-likeness (QED) is 0.810. The third kappa shape index (κ3) is 3.45. The predicted octanol–water partition coefficient (Wildman–Crippen LogP) is 2.54. The van der Waals surface area contributed by atoms with Crippen molar-refractivity contribution in [3.63, 3.8) is 0 Å². The number of hydrogen-bond donors (Lipinski definition) is 2. The average molecular weight is 371 g/mol. The van der Waals surface area contributed by atoms with Crippen LogP contribution in [0.4, 0.5) is 24.8 Å². The van der Waals surface area contributed by atoms with E-state index in [0.717, 1.165) is 12.1 Å². The smallest absolute Gasteiger partial charge is 0.324 e. The van der Waals surface area contributed by atoms with Crippen LogP contribution in [-0.4, -0.2) is 32.8 Å². The Kier molecular flexibility index (Phi) is 4.41. The van der Waals surface area contributed by atoms with Crippen LogP contribution in [0.3, 0.4) is 0 Å². The first-order valence-corrected chi connectivity index (χ1v) is 8.29. The number of benzene rings is 1. The first-order valence-electron chi connectivity index (χ1n) is 7.07. The molecule has 3 rings (SSSR count). The third-order valence-corrected chi connectivity index (χ3v) is 4.05. The van der Waals surface area contributed by atoms with E-state index in [1.807, 2.05) is 0 Å². The van der Waals surface area contributed by atoms with Gasteiger partial charge < -0.3 is 5.32 Å². The molecule has 0 unspecified atom stereocenters. The Bertz CT molecular complexity index is 836. The number of thioether (sulfide) groups is 1. The van der Waals surface area contributed by atoms with Crippen molar-refractivity contribution in [1.82, 2.24) is 14.8 Å². The number of carbonyl (C=O) groups is 2. The van der Waals surface area contributed by atoms with E-state index in [0.29, 0.717) is 5.16 Å². The third-order valence-electron chi connectivity index (χ3n) is 3.51. The van der Waals surface area contributed by atoms with Gasteiger partial charge in [-0.05, 0) is 18.4 Å². The number of nitrogens with one attached hydrogen (secondary N) is 2. The maximum Gasteiger partial charge on any atom is 0.418 e. The Morgan fingerprint density at radius 3 is 2.80 bits per heavy atom. The Labute approximate surface area is 144 Å². The monoisotopic (exact) mass is 371 g/mol. The molecule has 1 aromatic carbocycles. The van der Waals surface area contributed by atoms with Crippen LogP contribution in [0, 0.1) is 0 Å². The minimum atomic E-state index is -4.61. The van der Waals surface area contributed by atoms with Crippen LogP contribution in [0.25, 0.3) is 0 Å². The molecule has 0 aliphatic carbocycles. The number of fused-ring (bicyclic) bond motifs is 1. The van der Waals surface area contributed by atoms with Gasteiger partial charge in [0.15, 0.2) is 0 Å². The van der Waals surface area contributed by atoms with Crippen LogP contribution in [0.15, 0.2) is 29.4 Å². The first-order chi connectivity index (χ1) is 11.8. The van der Waals surface area contributed by atoms with E-state index in [2.05, 4.69) is 20.7 Å². The molecule has 2 aromatic rings. The topological polar surface area (TPSA) is 88.9 Å². The van der Waals surface area contributed by atoms with Crippen LogP contribution < -0.4 is 10.6 Å². The SMILES string of the molecule is CSc1nc2n(n1)[C@H](C(=O)Nc1ccccc1C(F)(F)F)CC(=O)N2. The maximum atomic E-state index is 13.0. The summed E-state index contributed by atoms with van der Waals surface area (Å²) in [6, 6.07) is 3.55. The largest absolute Gasteiger partial charge is 0.418 e. The van der Waals surface area contributed by atoms with Gasteiger partial charge in [0.05, 0.1) is 17.7 Å². The molecule has 2 heterocycles. The molecule has 2 amide bonds. The highest BCUT2D eigenvalue weighted by Crippen LogP contribution is 2.35. The second kappa shape index (κ2) is 6.39. The number of aromatic nitrogens is 3. The lowest BCUT2D eigenvalue weighted by atomic mass is 10.1. The second-order valence-corrected chi connectivity index (χ2v) is 5.94. The molecule has 2 N–H and O–H groups in total. The van der Waals surface area contributed by atoms with Crippen molar-refractivity contribution in [2.75, 3.05) is 16.9 Å². The molecule has 25 heavy (non-hydrogen) atoms. The summed E-state index contributed by atoms with van der Waals surface area (Å²) in [5.41, 5.74) is -1.34. The van der Waals surface area contributed by atoms with Gasteiger partial charge in [-0.2, -0.15) is 18.2 Å². The maximum absolute atomic E-state index is 13.0. The van der Waals surface area contributed by atoms with Crippen LogP contribution in [0.1, 0.15) is 18.0 Å².